The Hall–Kier alpha value is -0.480. The minimum absolute atomic E-state index is 0.103. The van der Waals surface area contributed by atoms with Crippen molar-refractivity contribution in [1.29, 1.82) is 0 Å². The lowest BCUT2D eigenvalue weighted by Crippen LogP contribution is -2.20. The summed E-state index contributed by atoms with van der Waals surface area (Å²) >= 11 is 5.00. The van der Waals surface area contributed by atoms with Gasteiger partial charge in [0.2, 0.25) is 0 Å². The molecule has 0 bridgehead atoms. The van der Waals surface area contributed by atoms with Crippen molar-refractivity contribution >= 4 is 33.7 Å². The first-order valence-electron chi connectivity index (χ1n) is 5.76. The highest BCUT2D eigenvalue weighted by molar-refractivity contribution is 9.10. The third-order valence-corrected chi connectivity index (χ3v) is 3.91. The molecule has 0 aliphatic rings. The Morgan fingerprint density at radius 1 is 1.47 bits per heavy atom. The van der Waals surface area contributed by atoms with E-state index in [-0.39, 0.29) is 11.2 Å². The SMILES string of the molecule is CCCC(Sc1cccc(Br)c1)C(=O)OCC. The smallest absolute Gasteiger partial charge is 0.319 e. The van der Waals surface area contributed by atoms with Crippen LogP contribution < -0.4 is 0 Å². The number of carbonyl (C=O) groups is 1. The second kappa shape index (κ2) is 7.77. The van der Waals surface area contributed by atoms with Gasteiger partial charge in [-0.2, -0.15) is 0 Å². The first kappa shape index (κ1) is 14.6. The summed E-state index contributed by atoms with van der Waals surface area (Å²) in [4.78, 5) is 12.9. The number of carbonyl (C=O) groups excluding carboxylic acids is 1. The van der Waals surface area contributed by atoms with Crippen LogP contribution in [-0.4, -0.2) is 17.8 Å². The number of rotatable bonds is 6. The second-order valence-electron chi connectivity index (χ2n) is 3.60. The van der Waals surface area contributed by atoms with Gasteiger partial charge in [-0.3, -0.25) is 4.79 Å². The van der Waals surface area contributed by atoms with Gasteiger partial charge in [0.25, 0.3) is 0 Å². The van der Waals surface area contributed by atoms with Crippen LogP contribution in [0, 0.1) is 0 Å². The first-order valence-corrected chi connectivity index (χ1v) is 7.43. The molecule has 0 amide bonds. The summed E-state index contributed by atoms with van der Waals surface area (Å²) in [5.41, 5.74) is 0. The molecule has 1 atom stereocenters. The fourth-order valence-corrected chi connectivity index (χ4v) is 3.18. The molecule has 0 radical (unpaired) electrons. The molecular weight excluding hydrogens is 300 g/mol. The maximum absolute atomic E-state index is 11.8. The van der Waals surface area contributed by atoms with Crippen molar-refractivity contribution in [2.45, 2.75) is 36.8 Å². The van der Waals surface area contributed by atoms with Gasteiger partial charge in [-0.1, -0.05) is 35.3 Å². The number of hydrogen-bond acceptors (Lipinski definition) is 3. The van der Waals surface area contributed by atoms with E-state index in [2.05, 4.69) is 22.9 Å². The average Bonchev–Trinajstić information content (AvgIpc) is 2.29. The van der Waals surface area contributed by atoms with Gasteiger partial charge in [0.05, 0.1) is 6.61 Å². The van der Waals surface area contributed by atoms with Crippen molar-refractivity contribution < 1.29 is 9.53 Å². The summed E-state index contributed by atoms with van der Waals surface area (Å²) in [5.74, 6) is -0.112. The van der Waals surface area contributed by atoms with E-state index in [0.717, 1.165) is 22.2 Å². The van der Waals surface area contributed by atoms with E-state index in [1.54, 1.807) is 11.8 Å². The van der Waals surface area contributed by atoms with Crippen molar-refractivity contribution in [2.24, 2.45) is 0 Å². The maximum atomic E-state index is 11.8. The van der Waals surface area contributed by atoms with Crippen molar-refractivity contribution in [3.05, 3.63) is 28.7 Å². The summed E-state index contributed by atoms with van der Waals surface area (Å²) in [7, 11) is 0. The van der Waals surface area contributed by atoms with E-state index in [1.165, 1.54) is 0 Å². The van der Waals surface area contributed by atoms with Gasteiger partial charge in [-0.05, 0) is 31.5 Å². The first-order chi connectivity index (χ1) is 8.17. The number of benzene rings is 1. The largest absolute Gasteiger partial charge is 0.465 e. The zero-order valence-electron chi connectivity index (χ0n) is 10.1. The zero-order valence-corrected chi connectivity index (χ0v) is 12.5. The summed E-state index contributed by atoms with van der Waals surface area (Å²) in [6.45, 7) is 4.36. The molecule has 0 saturated carbocycles. The van der Waals surface area contributed by atoms with E-state index in [0.29, 0.717) is 6.61 Å². The lowest BCUT2D eigenvalue weighted by molar-refractivity contribution is -0.142. The van der Waals surface area contributed by atoms with E-state index in [4.69, 9.17) is 4.74 Å². The molecule has 1 aromatic carbocycles. The minimum atomic E-state index is -0.112. The second-order valence-corrected chi connectivity index (χ2v) is 5.80. The Morgan fingerprint density at radius 2 is 2.24 bits per heavy atom. The van der Waals surface area contributed by atoms with Crippen LogP contribution in [0.25, 0.3) is 0 Å². The van der Waals surface area contributed by atoms with Gasteiger partial charge >= 0.3 is 5.97 Å². The van der Waals surface area contributed by atoms with Crippen LogP contribution in [0.3, 0.4) is 0 Å². The quantitative estimate of drug-likeness (QED) is 0.579. The molecule has 1 unspecified atom stereocenters. The van der Waals surface area contributed by atoms with E-state index < -0.39 is 0 Å². The Balaban J connectivity index is 2.69. The average molecular weight is 317 g/mol. The molecule has 4 heteroatoms. The van der Waals surface area contributed by atoms with Crippen LogP contribution >= 0.6 is 27.7 Å². The molecule has 1 aromatic rings. The van der Waals surface area contributed by atoms with Gasteiger partial charge < -0.3 is 4.74 Å². The highest BCUT2D eigenvalue weighted by atomic mass is 79.9. The van der Waals surface area contributed by atoms with Crippen LogP contribution in [-0.2, 0) is 9.53 Å². The lowest BCUT2D eigenvalue weighted by Gasteiger charge is -2.14. The van der Waals surface area contributed by atoms with Crippen molar-refractivity contribution in [2.75, 3.05) is 6.61 Å². The minimum Gasteiger partial charge on any atom is -0.465 e. The molecule has 0 N–H and O–H groups in total. The highest BCUT2D eigenvalue weighted by Gasteiger charge is 2.20. The number of esters is 1. The van der Waals surface area contributed by atoms with Crippen LogP contribution in [0.1, 0.15) is 26.7 Å². The van der Waals surface area contributed by atoms with Crippen LogP contribution in [0.5, 0.6) is 0 Å². The Kier molecular flexibility index (Phi) is 6.66. The summed E-state index contributed by atoms with van der Waals surface area (Å²) in [5, 5.41) is -0.103. The van der Waals surface area contributed by atoms with Gasteiger partial charge in [0, 0.05) is 9.37 Å². The number of halogens is 1. The standard InChI is InChI=1S/C13H17BrO2S/c1-3-6-12(13(15)16-4-2)17-11-8-5-7-10(14)9-11/h5,7-9,12H,3-4,6H2,1-2H3. The molecule has 0 fully saturated rings. The van der Waals surface area contributed by atoms with Crippen LogP contribution in [0.2, 0.25) is 0 Å². The highest BCUT2D eigenvalue weighted by Crippen LogP contribution is 2.29. The molecule has 2 nitrogen and oxygen atoms in total. The number of ether oxygens (including phenoxy) is 1. The van der Waals surface area contributed by atoms with E-state index >= 15 is 0 Å². The van der Waals surface area contributed by atoms with Crippen molar-refractivity contribution in [1.82, 2.24) is 0 Å². The van der Waals surface area contributed by atoms with Gasteiger partial charge in [0.1, 0.15) is 5.25 Å². The van der Waals surface area contributed by atoms with Crippen molar-refractivity contribution in [3.8, 4) is 0 Å². The maximum Gasteiger partial charge on any atom is 0.319 e. The molecular formula is C13H17BrO2S. The predicted molar refractivity (Wildman–Crippen MR) is 75.3 cm³/mol. The summed E-state index contributed by atoms with van der Waals surface area (Å²) in [6, 6.07) is 7.98. The van der Waals surface area contributed by atoms with Crippen LogP contribution in [0.4, 0.5) is 0 Å². The van der Waals surface area contributed by atoms with Crippen LogP contribution in [0.15, 0.2) is 33.6 Å². The molecule has 0 aliphatic carbocycles. The predicted octanol–water partition coefficient (Wildman–Crippen LogP) is 4.27. The third kappa shape index (κ3) is 5.13. The molecule has 0 heterocycles. The Bertz CT molecular complexity index is 368. The lowest BCUT2D eigenvalue weighted by atomic mass is 10.2. The van der Waals surface area contributed by atoms with E-state index in [1.807, 2.05) is 31.2 Å². The summed E-state index contributed by atoms with van der Waals surface area (Å²) < 4.78 is 6.12. The molecule has 1 rings (SSSR count). The Labute approximate surface area is 115 Å². The molecule has 17 heavy (non-hydrogen) atoms. The molecule has 0 aliphatic heterocycles. The third-order valence-electron chi connectivity index (χ3n) is 2.17. The summed E-state index contributed by atoms with van der Waals surface area (Å²) in [6.07, 6.45) is 1.82. The molecule has 94 valence electrons. The zero-order chi connectivity index (χ0) is 12.7. The van der Waals surface area contributed by atoms with E-state index in [9.17, 15) is 4.79 Å². The number of hydrogen-bond donors (Lipinski definition) is 0. The fourth-order valence-electron chi connectivity index (χ4n) is 1.43. The van der Waals surface area contributed by atoms with Gasteiger partial charge in [-0.15, -0.1) is 11.8 Å². The molecule has 0 saturated heterocycles. The molecule has 0 spiro atoms. The fraction of sp³-hybridized carbons (Fsp3) is 0.462. The monoisotopic (exact) mass is 316 g/mol. The van der Waals surface area contributed by atoms with Gasteiger partial charge in [0.15, 0.2) is 0 Å². The number of thioether (sulfide) groups is 1. The normalized spacial score (nSPS) is 12.2. The van der Waals surface area contributed by atoms with Gasteiger partial charge in [-0.25, -0.2) is 0 Å². The van der Waals surface area contributed by atoms with Crippen molar-refractivity contribution in [3.63, 3.8) is 0 Å². The topological polar surface area (TPSA) is 26.3 Å². The Morgan fingerprint density at radius 3 is 2.82 bits per heavy atom. The molecule has 0 aromatic heterocycles.